The van der Waals surface area contributed by atoms with E-state index in [1.54, 1.807) is 0 Å². The van der Waals surface area contributed by atoms with Crippen LogP contribution in [0.3, 0.4) is 0 Å². The Morgan fingerprint density at radius 2 is 2.00 bits per heavy atom. The van der Waals surface area contributed by atoms with Gasteiger partial charge in [0, 0.05) is 6.92 Å². The first-order chi connectivity index (χ1) is 8.11. The smallest absolute Gasteiger partial charge is 0.181 e. The topological polar surface area (TPSA) is 56.0 Å². The molecule has 1 heterocycles. The minimum absolute atomic E-state index is 0.0486. The summed E-state index contributed by atoms with van der Waals surface area (Å²) < 4.78 is 0. The maximum atomic E-state index is 11.5. The van der Waals surface area contributed by atoms with E-state index in [4.69, 9.17) is 5.73 Å². The highest BCUT2D eigenvalue weighted by atomic mass is 32.1. The van der Waals surface area contributed by atoms with Crippen LogP contribution in [-0.4, -0.2) is 10.8 Å². The summed E-state index contributed by atoms with van der Waals surface area (Å²) in [6.07, 6.45) is 1.00. The van der Waals surface area contributed by atoms with E-state index in [1.165, 1.54) is 23.8 Å². The van der Waals surface area contributed by atoms with E-state index in [0.717, 1.165) is 16.9 Å². The summed E-state index contributed by atoms with van der Waals surface area (Å²) in [5, 5.41) is 0.435. The lowest BCUT2D eigenvalue weighted by Crippen LogP contribution is -1.95. The lowest BCUT2D eigenvalue weighted by molar-refractivity contribution is 0.101. The molecule has 17 heavy (non-hydrogen) atoms. The molecule has 2 rings (SSSR count). The number of Topliss-reactive ketones (excluding diaryl/α,β-unsaturated/α-hetero) is 1. The Bertz CT molecular complexity index is 543. The van der Waals surface area contributed by atoms with Gasteiger partial charge in [0.1, 0.15) is 5.69 Å². The van der Waals surface area contributed by atoms with Gasteiger partial charge in [-0.25, -0.2) is 4.98 Å². The highest BCUT2D eigenvalue weighted by Crippen LogP contribution is 2.32. The summed E-state index contributed by atoms with van der Waals surface area (Å²) in [5.74, 6) is -0.0486. The van der Waals surface area contributed by atoms with Crippen molar-refractivity contribution in [1.82, 2.24) is 4.98 Å². The summed E-state index contributed by atoms with van der Waals surface area (Å²) in [7, 11) is 0. The molecule has 4 heteroatoms. The van der Waals surface area contributed by atoms with Gasteiger partial charge in [-0.15, -0.1) is 0 Å². The average Bonchev–Trinajstić information content (AvgIpc) is 2.72. The second-order valence-electron chi connectivity index (χ2n) is 3.84. The van der Waals surface area contributed by atoms with E-state index in [0.29, 0.717) is 10.8 Å². The molecule has 0 saturated carbocycles. The van der Waals surface area contributed by atoms with E-state index >= 15 is 0 Å². The van der Waals surface area contributed by atoms with E-state index in [-0.39, 0.29) is 5.78 Å². The fourth-order valence-corrected chi connectivity index (χ4v) is 2.55. The van der Waals surface area contributed by atoms with Crippen LogP contribution in [0, 0.1) is 0 Å². The van der Waals surface area contributed by atoms with E-state index in [1.807, 2.05) is 12.1 Å². The zero-order valence-electron chi connectivity index (χ0n) is 9.86. The van der Waals surface area contributed by atoms with Crippen LogP contribution in [-0.2, 0) is 6.42 Å². The molecule has 0 aliphatic carbocycles. The molecule has 0 unspecified atom stereocenters. The Morgan fingerprint density at radius 3 is 2.53 bits per heavy atom. The highest BCUT2D eigenvalue weighted by Gasteiger charge is 2.15. The molecule has 2 aromatic rings. The van der Waals surface area contributed by atoms with Crippen LogP contribution in [0.25, 0.3) is 10.4 Å². The van der Waals surface area contributed by atoms with Crippen molar-refractivity contribution in [3.63, 3.8) is 0 Å². The normalized spacial score (nSPS) is 10.5. The fraction of sp³-hybridized carbons (Fsp3) is 0.231. The van der Waals surface area contributed by atoms with Crippen LogP contribution in [0.15, 0.2) is 24.3 Å². The molecule has 0 bridgehead atoms. The first kappa shape index (κ1) is 11.8. The predicted molar refractivity (Wildman–Crippen MR) is 71.3 cm³/mol. The van der Waals surface area contributed by atoms with Crippen molar-refractivity contribution in [3.8, 4) is 10.4 Å². The molecular weight excluding hydrogens is 232 g/mol. The van der Waals surface area contributed by atoms with Gasteiger partial charge < -0.3 is 5.73 Å². The number of hydrogen-bond acceptors (Lipinski definition) is 4. The Kier molecular flexibility index (Phi) is 3.24. The molecule has 0 spiro atoms. The van der Waals surface area contributed by atoms with Crippen LogP contribution in [0.1, 0.15) is 29.9 Å². The van der Waals surface area contributed by atoms with Gasteiger partial charge in [0.2, 0.25) is 0 Å². The fourth-order valence-electron chi connectivity index (χ4n) is 1.66. The molecule has 2 N–H and O–H groups in total. The minimum atomic E-state index is -0.0486. The number of rotatable bonds is 3. The molecule has 0 atom stereocenters. The molecule has 0 aliphatic rings. The van der Waals surface area contributed by atoms with E-state index in [2.05, 4.69) is 24.0 Å². The molecule has 0 amide bonds. The van der Waals surface area contributed by atoms with Crippen molar-refractivity contribution in [3.05, 3.63) is 35.5 Å². The van der Waals surface area contributed by atoms with Crippen molar-refractivity contribution in [2.24, 2.45) is 0 Å². The summed E-state index contributed by atoms with van der Waals surface area (Å²) >= 11 is 1.36. The Hall–Kier alpha value is -1.68. The Balaban J connectivity index is 2.48. The van der Waals surface area contributed by atoms with Gasteiger partial charge >= 0.3 is 0 Å². The van der Waals surface area contributed by atoms with Crippen molar-refractivity contribution in [2.75, 3.05) is 5.73 Å². The zero-order valence-corrected chi connectivity index (χ0v) is 10.7. The van der Waals surface area contributed by atoms with Crippen LogP contribution in [0.4, 0.5) is 5.13 Å². The molecule has 0 saturated heterocycles. The van der Waals surface area contributed by atoms with Crippen LogP contribution < -0.4 is 5.73 Å². The standard InChI is InChI=1S/C13H14N2OS/c1-3-9-4-6-10(7-5-9)12-11(8(2)16)15-13(14)17-12/h4-7H,3H2,1-2H3,(H2,14,15). The van der Waals surface area contributed by atoms with Gasteiger partial charge in [0.15, 0.2) is 10.9 Å². The van der Waals surface area contributed by atoms with Crippen LogP contribution in [0.2, 0.25) is 0 Å². The summed E-state index contributed by atoms with van der Waals surface area (Å²) in [5.41, 5.74) is 8.41. The van der Waals surface area contributed by atoms with Gasteiger partial charge in [-0.05, 0) is 17.5 Å². The maximum absolute atomic E-state index is 11.5. The van der Waals surface area contributed by atoms with Crippen molar-refractivity contribution in [1.29, 1.82) is 0 Å². The summed E-state index contributed by atoms with van der Waals surface area (Å²) in [6, 6.07) is 8.15. The molecule has 0 aliphatic heterocycles. The third kappa shape index (κ3) is 2.36. The quantitative estimate of drug-likeness (QED) is 0.846. The highest BCUT2D eigenvalue weighted by molar-refractivity contribution is 7.19. The van der Waals surface area contributed by atoms with Crippen LogP contribution >= 0.6 is 11.3 Å². The number of anilines is 1. The largest absolute Gasteiger partial charge is 0.375 e. The minimum Gasteiger partial charge on any atom is -0.375 e. The van der Waals surface area contributed by atoms with E-state index in [9.17, 15) is 4.79 Å². The second kappa shape index (κ2) is 4.67. The van der Waals surface area contributed by atoms with Gasteiger partial charge in [-0.1, -0.05) is 42.5 Å². The third-order valence-electron chi connectivity index (χ3n) is 2.60. The van der Waals surface area contributed by atoms with Gasteiger partial charge in [0.25, 0.3) is 0 Å². The average molecular weight is 246 g/mol. The number of nitrogen functional groups attached to an aromatic ring is 1. The number of ketones is 1. The zero-order chi connectivity index (χ0) is 12.4. The number of aromatic nitrogens is 1. The Labute approximate surface area is 104 Å². The number of thiazole rings is 1. The number of nitrogens with zero attached hydrogens (tertiary/aromatic N) is 1. The molecule has 88 valence electrons. The van der Waals surface area contributed by atoms with E-state index < -0.39 is 0 Å². The molecule has 0 radical (unpaired) electrons. The molecule has 1 aromatic carbocycles. The number of carbonyl (C=O) groups excluding carboxylic acids is 1. The lowest BCUT2D eigenvalue weighted by atomic mass is 10.1. The number of benzene rings is 1. The van der Waals surface area contributed by atoms with Crippen molar-refractivity contribution >= 4 is 22.3 Å². The van der Waals surface area contributed by atoms with Crippen molar-refractivity contribution < 1.29 is 4.79 Å². The van der Waals surface area contributed by atoms with Crippen molar-refractivity contribution in [2.45, 2.75) is 20.3 Å². The van der Waals surface area contributed by atoms with Gasteiger partial charge in [0.05, 0.1) is 4.88 Å². The SMILES string of the molecule is CCc1ccc(-c2sc(N)nc2C(C)=O)cc1. The molecule has 0 fully saturated rings. The summed E-state index contributed by atoms with van der Waals surface area (Å²) in [4.78, 5) is 16.4. The first-order valence-electron chi connectivity index (χ1n) is 5.48. The monoisotopic (exact) mass is 246 g/mol. The first-order valence-corrected chi connectivity index (χ1v) is 6.30. The number of nitrogens with two attached hydrogens (primary N) is 1. The van der Waals surface area contributed by atoms with Gasteiger partial charge in [-0.3, -0.25) is 4.79 Å². The third-order valence-corrected chi connectivity index (χ3v) is 3.54. The summed E-state index contributed by atoms with van der Waals surface area (Å²) in [6.45, 7) is 3.62. The molecule has 1 aromatic heterocycles. The number of carbonyl (C=O) groups is 1. The predicted octanol–water partition coefficient (Wildman–Crippen LogP) is 3.16. The number of aryl methyl sites for hydroxylation is 1. The number of hydrogen-bond donors (Lipinski definition) is 1. The molecular formula is C13H14N2OS. The Morgan fingerprint density at radius 1 is 1.35 bits per heavy atom. The molecule has 3 nitrogen and oxygen atoms in total. The lowest BCUT2D eigenvalue weighted by Gasteiger charge is -2.01. The maximum Gasteiger partial charge on any atom is 0.181 e. The second-order valence-corrected chi connectivity index (χ2v) is 4.87. The van der Waals surface area contributed by atoms with Crippen LogP contribution in [0.5, 0.6) is 0 Å². The van der Waals surface area contributed by atoms with Gasteiger partial charge in [-0.2, -0.15) is 0 Å².